The van der Waals surface area contributed by atoms with E-state index >= 15 is 0 Å². The van der Waals surface area contributed by atoms with Crippen LogP contribution in [-0.4, -0.2) is 26.1 Å². The first-order valence-electron chi connectivity index (χ1n) is 2.71. The van der Waals surface area contributed by atoms with Crippen molar-refractivity contribution in [1.82, 2.24) is 0 Å². The Morgan fingerprint density at radius 1 is 1.75 bits per heavy atom. The Bertz CT molecular complexity index is 58.7. The van der Waals surface area contributed by atoms with Gasteiger partial charge in [0.15, 0.2) is 6.79 Å². The minimum absolute atomic E-state index is 0.0764. The van der Waals surface area contributed by atoms with Gasteiger partial charge < -0.3 is 9.47 Å². The monoisotopic (exact) mass is 117 g/mol. The summed E-state index contributed by atoms with van der Waals surface area (Å²) in [6, 6.07) is 0. The van der Waals surface area contributed by atoms with Crippen molar-refractivity contribution in [3.63, 3.8) is 0 Å². The molecule has 0 aliphatic carbocycles. The molecule has 1 radical (unpaired) electrons. The van der Waals surface area contributed by atoms with Crippen LogP contribution >= 0.6 is 0 Å². The third kappa shape index (κ3) is 1.43. The van der Waals surface area contributed by atoms with E-state index in [1.54, 1.807) is 0 Å². The topological polar surface area (TPSA) is 38.4 Å². The predicted molar refractivity (Wildman–Crippen MR) is 25.9 cm³/mol. The van der Waals surface area contributed by atoms with Crippen LogP contribution in [0.15, 0.2) is 0 Å². The first-order valence-corrected chi connectivity index (χ1v) is 2.71. The molecule has 3 nitrogen and oxygen atoms in total. The average molecular weight is 117 g/mol. The van der Waals surface area contributed by atoms with E-state index in [1.807, 2.05) is 0 Å². The summed E-state index contributed by atoms with van der Waals surface area (Å²) in [5.74, 6) is 0. The lowest BCUT2D eigenvalue weighted by Gasteiger charge is -2.02. The van der Waals surface area contributed by atoms with Crippen LogP contribution in [0.25, 0.3) is 0 Å². The van der Waals surface area contributed by atoms with E-state index in [9.17, 15) is 5.11 Å². The van der Waals surface area contributed by atoms with Crippen molar-refractivity contribution < 1.29 is 14.6 Å². The second-order valence-electron chi connectivity index (χ2n) is 1.77. The van der Waals surface area contributed by atoms with Crippen LogP contribution in [0.3, 0.4) is 0 Å². The molecule has 1 saturated heterocycles. The lowest BCUT2D eigenvalue weighted by atomic mass is 10.3. The van der Waals surface area contributed by atoms with Crippen LogP contribution in [0.4, 0.5) is 0 Å². The Morgan fingerprint density at radius 2 is 2.62 bits per heavy atom. The first kappa shape index (κ1) is 6.01. The van der Waals surface area contributed by atoms with Crippen LogP contribution in [0.1, 0.15) is 6.42 Å². The summed E-state index contributed by atoms with van der Waals surface area (Å²) >= 11 is 0. The zero-order valence-electron chi connectivity index (χ0n) is 4.63. The number of hydrogen-bond acceptors (Lipinski definition) is 2. The highest BCUT2D eigenvalue weighted by Crippen LogP contribution is 2.06. The van der Waals surface area contributed by atoms with Crippen molar-refractivity contribution in [2.75, 3.05) is 20.0 Å². The van der Waals surface area contributed by atoms with E-state index in [0.29, 0.717) is 6.61 Å². The zero-order chi connectivity index (χ0) is 5.82. The van der Waals surface area contributed by atoms with Gasteiger partial charge in [-0.1, -0.05) is 0 Å². The molecule has 0 amide bonds. The van der Waals surface area contributed by atoms with Gasteiger partial charge in [-0.15, -0.1) is 0 Å². The summed E-state index contributed by atoms with van der Waals surface area (Å²) in [5.41, 5.74) is 0. The van der Waals surface area contributed by atoms with E-state index in [-0.39, 0.29) is 6.10 Å². The van der Waals surface area contributed by atoms with Gasteiger partial charge in [-0.05, 0) is 6.42 Å². The SMILES string of the molecule is [O]COC1CCOC1. The minimum atomic E-state index is -0.436. The number of rotatable bonds is 2. The zero-order valence-corrected chi connectivity index (χ0v) is 4.63. The lowest BCUT2D eigenvalue weighted by molar-refractivity contribution is -0.0835. The van der Waals surface area contributed by atoms with Crippen molar-refractivity contribution >= 4 is 0 Å². The van der Waals surface area contributed by atoms with Crippen LogP contribution < -0.4 is 0 Å². The molecular weight excluding hydrogens is 108 g/mol. The van der Waals surface area contributed by atoms with Gasteiger partial charge in [0, 0.05) is 6.61 Å². The Labute approximate surface area is 48.2 Å². The molecule has 1 atom stereocenters. The van der Waals surface area contributed by atoms with Crippen LogP contribution in [0.5, 0.6) is 0 Å². The van der Waals surface area contributed by atoms with E-state index < -0.39 is 6.79 Å². The third-order valence-electron chi connectivity index (χ3n) is 1.19. The Morgan fingerprint density at radius 3 is 3.12 bits per heavy atom. The molecular formula is C5H9O3. The lowest BCUT2D eigenvalue weighted by Crippen LogP contribution is -2.11. The fourth-order valence-electron chi connectivity index (χ4n) is 0.741. The van der Waals surface area contributed by atoms with Crippen LogP contribution in [0, 0.1) is 0 Å². The first-order chi connectivity index (χ1) is 3.93. The van der Waals surface area contributed by atoms with Gasteiger partial charge in [0.05, 0.1) is 12.7 Å². The number of hydrogen-bond donors (Lipinski definition) is 0. The summed E-state index contributed by atoms with van der Waals surface area (Å²) in [4.78, 5) is 0. The molecule has 0 aromatic heterocycles. The molecule has 0 spiro atoms. The molecule has 1 aliphatic heterocycles. The molecule has 0 aromatic carbocycles. The molecule has 3 heteroatoms. The normalized spacial score (nSPS) is 28.9. The second-order valence-corrected chi connectivity index (χ2v) is 1.77. The van der Waals surface area contributed by atoms with Gasteiger partial charge in [-0.25, -0.2) is 5.11 Å². The molecule has 1 rings (SSSR count). The second kappa shape index (κ2) is 3.02. The van der Waals surface area contributed by atoms with Crippen molar-refractivity contribution in [1.29, 1.82) is 0 Å². The van der Waals surface area contributed by atoms with Gasteiger partial charge in [0.2, 0.25) is 0 Å². The molecule has 0 N–H and O–H groups in total. The maximum absolute atomic E-state index is 9.81. The van der Waals surface area contributed by atoms with Crippen molar-refractivity contribution in [3.8, 4) is 0 Å². The summed E-state index contributed by atoms with van der Waals surface area (Å²) in [6.07, 6.45) is 0.954. The minimum Gasteiger partial charge on any atom is -0.379 e. The van der Waals surface area contributed by atoms with Gasteiger partial charge in [-0.2, -0.15) is 0 Å². The summed E-state index contributed by atoms with van der Waals surface area (Å²) < 4.78 is 9.67. The highest BCUT2D eigenvalue weighted by molar-refractivity contribution is 4.61. The molecule has 0 aromatic rings. The summed E-state index contributed by atoms with van der Waals surface area (Å²) in [5, 5.41) is 9.81. The smallest absolute Gasteiger partial charge is 0.181 e. The predicted octanol–water partition coefficient (Wildman–Crippen LogP) is 0.180. The van der Waals surface area contributed by atoms with Crippen LogP contribution in [0.2, 0.25) is 0 Å². The number of ether oxygens (including phenoxy) is 2. The van der Waals surface area contributed by atoms with Crippen molar-refractivity contribution in [2.24, 2.45) is 0 Å². The molecule has 0 saturated carbocycles. The van der Waals surface area contributed by atoms with E-state index in [1.165, 1.54) is 0 Å². The molecule has 1 aliphatic rings. The fourth-order valence-corrected chi connectivity index (χ4v) is 0.741. The van der Waals surface area contributed by atoms with Gasteiger partial charge >= 0.3 is 0 Å². The largest absolute Gasteiger partial charge is 0.379 e. The van der Waals surface area contributed by atoms with E-state index in [0.717, 1.165) is 13.0 Å². The average Bonchev–Trinajstić information content (AvgIpc) is 2.19. The fraction of sp³-hybridized carbons (Fsp3) is 1.00. The molecule has 47 valence electrons. The summed E-state index contributed by atoms with van der Waals surface area (Å²) in [6.45, 7) is 0.904. The van der Waals surface area contributed by atoms with Gasteiger partial charge in [0.1, 0.15) is 0 Å². The third-order valence-corrected chi connectivity index (χ3v) is 1.19. The van der Waals surface area contributed by atoms with E-state index in [4.69, 9.17) is 9.47 Å². The van der Waals surface area contributed by atoms with Crippen molar-refractivity contribution in [3.05, 3.63) is 0 Å². The molecule has 0 bridgehead atoms. The Balaban J connectivity index is 2.06. The molecule has 8 heavy (non-hydrogen) atoms. The Hall–Kier alpha value is -0.120. The van der Waals surface area contributed by atoms with Gasteiger partial charge in [-0.3, -0.25) is 0 Å². The van der Waals surface area contributed by atoms with E-state index in [2.05, 4.69) is 0 Å². The highest BCUT2D eigenvalue weighted by atomic mass is 16.6. The Kier molecular flexibility index (Phi) is 2.27. The van der Waals surface area contributed by atoms with Crippen molar-refractivity contribution in [2.45, 2.75) is 12.5 Å². The van der Waals surface area contributed by atoms with Gasteiger partial charge in [0.25, 0.3) is 0 Å². The summed E-state index contributed by atoms with van der Waals surface area (Å²) in [7, 11) is 0. The molecule has 1 unspecified atom stereocenters. The van der Waals surface area contributed by atoms with Crippen LogP contribution in [-0.2, 0) is 14.6 Å². The maximum Gasteiger partial charge on any atom is 0.181 e. The molecule has 1 heterocycles. The molecule has 1 fully saturated rings. The highest BCUT2D eigenvalue weighted by Gasteiger charge is 2.14. The maximum atomic E-state index is 9.81. The standard InChI is InChI=1S/C5H9O3/c6-4-8-5-1-2-7-3-5/h5H,1-4H2. The quantitative estimate of drug-likeness (QED) is 0.484.